The molecule has 6 heteroatoms. The molecule has 0 unspecified atom stereocenters. The van der Waals surface area contributed by atoms with Gasteiger partial charge in [-0.3, -0.25) is 4.68 Å². The Morgan fingerprint density at radius 3 is 2.10 bits per heavy atom. The van der Waals surface area contributed by atoms with Crippen molar-refractivity contribution in [1.82, 2.24) is 19.3 Å². The fraction of sp³-hybridized carbons (Fsp3) is 0.273. The normalized spacial score (nSPS) is 11.9. The first-order chi connectivity index (χ1) is 23.4. The molecule has 0 aliphatic carbocycles. The van der Waals surface area contributed by atoms with Crippen LogP contribution in [0.5, 0.6) is 11.5 Å². The zero-order chi connectivity index (χ0) is 34.6. The van der Waals surface area contributed by atoms with E-state index in [1.807, 2.05) is 35.1 Å². The molecule has 7 aromatic rings. The molecule has 0 saturated carbocycles. The molecular formula is C44H44N4OPt. The van der Waals surface area contributed by atoms with Crippen molar-refractivity contribution in [3.05, 3.63) is 131 Å². The number of hydrogen-bond donors (Lipinski definition) is 0. The number of fused-ring (bicyclic) bond motifs is 3. The van der Waals surface area contributed by atoms with Gasteiger partial charge < -0.3 is 9.30 Å². The molecule has 50 heavy (non-hydrogen) atoms. The molecular weight excluding hydrogens is 796 g/mol. The van der Waals surface area contributed by atoms with E-state index in [1.165, 1.54) is 27.8 Å². The van der Waals surface area contributed by atoms with Gasteiger partial charge in [-0.15, -0.1) is 35.7 Å². The molecule has 0 aliphatic heterocycles. The summed E-state index contributed by atoms with van der Waals surface area (Å²) >= 11 is 0. The summed E-state index contributed by atoms with van der Waals surface area (Å²) in [7, 11) is 0. The van der Waals surface area contributed by atoms with Gasteiger partial charge in [0.2, 0.25) is 0 Å². The Hall–Kier alpha value is -4.47. The third kappa shape index (κ3) is 6.33. The van der Waals surface area contributed by atoms with Crippen LogP contribution in [-0.4, -0.2) is 19.3 Å². The van der Waals surface area contributed by atoms with Crippen LogP contribution in [0.15, 0.2) is 91.1 Å². The van der Waals surface area contributed by atoms with E-state index in [4.69, 9.17) is 14.8 Å². The predicted octanol–water partition coefficient (Wildman–Crippen LogP) is 11.6. The first kappa shape index (κ1) is 35.4. The number of ether oxygens (including phenoxy) is 1. The Morgan fingerprint density at radius 2 is 1.40 bits per heavy atom. The molecule has 7 rings (SSSR count). The molecule has 0 bridgehead atoms. The third-order valence-corrected chi connectivity index (χ3v) is 9.51. The summed E-state index contributed by atoms with van der Waals surface area (Å²) in [4.78, 5) is 4.81. The van der Waals surface area contributed by atoms with Gasteiger partial charge in [0.15, 0.2) is 0 Å². The van der Waals surface area contributed by atoms with Crippen molar-refractivity contribution in [2.24, 2.45) is 0 Å². The van der Waals surface area contributed by atoms with Crippen molar-refractivity contribution in [2.75, 3.05) is 0 Å². The van der Waals surface area contributed by atoms with Crippen LogP contribution in [0.3, 0.4) is 0 Å². The van der Waals surface area contributed by atoms with E-state index in [9.17, 15) is 0 Å². The quantitative estimate of drug-likeness (QED) is 0.150. The second-order valence-corrected chi connectivity index (χ2v) is 14.7. The zero-order valence-electron chi connectivity index (χ0n) is 30.3. The van der Waals surface area contributed by atoms with Crippen LogP contribution in [0, 0.1) is 26.0 Å². The molecule has 3 heterocycles. The number of nitrogens with zero attached hydrogens (tertiary/aromatic N) is 4. The van der Waals surface area contributed by atoms with Gasteiger partial charge in [0, 0.05) is 34.5 Å². The molecule has 0 amide bonds. The molecule has 0 spiro atoms. The van der Waals surface area contributed by atoms with Crippen molar-refractivity contribution < 1.29 is 25.8 Å². The van der Waals surface area contributed by atoms with Crippen molar-refractivity contribution in [3.63, 3.8) is 0 Å². The van der Waals surface area contributed by atoms with E-state index in [1.54, 1.807) is 0 Å². The second-order valence-electron chi connectivity index (χ2n) is 14.7. The van der Waals surface area contributed by atoms with Crippen molar-refractivity contribution in [3.8, 4) is 34.1 Å². The van der Waals surface area contributed by atoms with Crippen LogP contribution >= 0.6 is 0 Å². The number of para-hydroxylation sites is 1. The Balaban J connectivity index is 0.00000432. The second kappa shape index (κ2) is 13.7. The summed E-state index contributed by atoms with van der Waals surface area (Å²) in [5, 5.41) is 7.30. The number of benzene rings is 4. The summed E-state index contributed by atoms with van der Waals surface area (Å²) < 4.78 is 10.7. The van der Waals surface area contributed by atoms with E-state index in [0.29, 0.717) is 23.3 Å². The molecule has 256 valence electrons. The Bertz CT molecular complexity index is 2310. The van der Waals surface area contributed by atoms with Crippen molar-refractivity contribution in [1.29, 1.82) is 0 Å². The predicted molar refractivity (Wildman–Crippen MR) is 202 cm³/mol. The standard InChI is InChI=1S/C44H44N4O.Pt/c1-27(2)35-17-13-18-36(28(3)4)43(35)42-29(5)46-48(30(42)6)32-14-12-15-33(25-32)49-34-20-21-38-37-16-10-11-19-39(37)47(40(38)26-34)41-24-31(22-23-45-41)44(7,8)9;/h10-24,27-28H,1-9H3;/q-2;+2. The van der Waals surface area contributed by atoms with Gasteiger partial charge in [-0.05, 0) is 82.6 Å². The maximum absolute atomic E-state index is 6.49. The molecule has 0 atom stereocenters. The van der Waals surface area contributed by atoms with E-state index in [2.05, 4.69) is 140 Å². The molecule has 0 saturated heterocycles. The van der Waals surface area contributed by atoms with E-state index >= 15 is 0 Å². The minimum absolute atomic E-state index is 0. The van der Waals surface area contributed by atoms with Gasteiger partial charge in [0.1, 0.15) is 5.82 Å². The topological polar surface area (TPSA) is 44.9 Å². The minimum Gasteiger partial charge on any atom is -0.509 e. The number of hydrogen-bond acceptors (Lipinski definition) is 3. The van der Waals surface area contributed by atoms with Crippen molar-refractivity contribution >= 4 is 21.8 Å². The summed E-state index contributed by atoms with van der Waals surface area (Å²) in [6.07, 6.45) is 1.90. The van der Waals surface area contributed by atoms with Gasteiger partial charge in [0.05, 0.1) is 5.69 Å². The molecule has 0 N–H and O–H groups in total. The molecule has 3 aromatic heterocycles. The monoisotopic (exact) mass is 839 g/mol. The summed E-state index contributed by atoms with van der Waals surface area (Å²) in [6, 6.07) is 36.6. The van der Waals surface area contributed by atoms with Crippen LogP contribution in [0.2, 0.25) is 0 Å². The van der Waals surface area contributed by atoms with E-state index in [0.717, 1.165) is 44.7 Å². The number of pyridine rings is 1. The summed E-state index contributed by atoms with van der Waals surface area (Å²) in [5.74, 6) is 2.86. The maximum atomic E-state index is 6.49. The van der Waals surface area contributed by atoms with E-state index in [-0.39, 0.29) is 26.5 Å². The average molecular weight is 840 g/mol. The molecule has 5 nitrogen and oxygen atoms in total. The molecule has 0 radical (unpaired) electrons. The first-order valence-electron chi connectivity index (χ1n) is 17.2. The van der Waals surface area contributed by atoms with Crippen LogP contribution < -0.4 is 4.74 Å². The Labute approximate surface area is 310 Å². The molecule has 4 aromatic carbocycles. The Morgan fingerprint density at radius 1 is 0.720 bits per heavy atom. The average Bonchev–Trinajstić information content (AvgIpc) is 3.56. The zero-order valence-corrected chi connectivity index (χ0v) is 32.6. The van der Waals surface area contributed by atoms with Crippen LogP contribution in [0.1, 0.15) is 88.4 Å². The smallest absolute Gasteiger partial charge is 0.509 e. The van der Waals surface area contributed by atoms with Crippen molar-refractivity contribution in [2.45, 2.75) is 79.6 Å². The van der Waals surface area contributed by atoms with E-state index < -0.39 is 0 Å². The van der Waals surface area contributed by atoms with Crippen LogP contribution in [0.4, 0.5) is 0 Å². The van der Waals surface area contributed by atoms with Gasteiger partial charge in [-0.25, -0.2) is 4.98 Å². The first-order valence-corrected chi connectivity index (χ1v) is 17.2. The fourth-order valence-electron chi connectivity index (χ4n) is 7.00. The number of aromatic nitrogens is 4. The Kier molecular flexibility index (Phi) is 9.67. The third-order valence-electron chi connectivity index (χ3n) is 9.51. The van der Waals surface area contributed by atoms with Gasteiger partial charge >= 0.3 is 21.1 Å². The molecule has 0 aliphatic rings. The van der Waals surface area contributed by atoms with Crippen LogP contribution in [0.25, 0.3) is 44.4 Å². The van der Waals surface area contributed by atoms with Gasteiger partial charge in [-0.2, -0.15) is 17.2 Å². The van der Waals surface area contributed by atoms with Gasteiger partial charge in [0.25, 0.3) is 0 Å². The SMILES string of the molecule is Cc1nn(-c2[c-]c(Oc3[c-]c4c(cc3)c3ccccc3n4-c3cc(C(C)(C)C)ccn3)ccc2)c(C)c1-c1c(C(C)C)cccc1C(C)C.[Pt+2]. The summed E-state index contributed by atoms with van der Waals surface area (Å²) in [6.45, 7) is 20.0. The number of aryl methyl sites for hydroxylation is 1. The van der Waals surface area contributed by atoms with Crippen LogP contribution in [-0.2, 0) is 26.5 Å². The largest absolute Gasteiger partial charge is 2.00 e. The fourth-order valence-corrected chi connectivity index (χ4v) is 7.00. The maximum Gasteiger partial charge on any atom is 2.00 e. The molecule has 0 fully saturated rings. The van der Waals surface area contributed by atoms with Gasteiger partial charge in [-0.1, -0.05) is 90.4 Å². The minimum atomic E-state index is -0.00392. The summed E-state index contributed by atoms with van der Waals surface area (Å²) in [5.41, 5.74) is 11.3. The number of rotatable bonds is 7.